The maximum Gasteiger partial charge on any atom is 0.244 e. The van der Waals surface area contributed by atoms with E-state index in [0.717, 1.165) is 28.6 Å². The molecule has 0 aliphatic carbocycles. The van der Waals surface area contributed by atoms with Gasteiger partial charge in [0.25, 0.3) is 0 Å². The molecule has 0 aromatic heterocycles. The van der Waals surface area contributed by atoms with Crippen LogP contribution in [0.4, 0.5) is 10.1 Å². The Hall–Kier alpha value is -2.94. The average molecular weight is 478 g/mol. The van der Waals surface area contributed by atoms with Gasteiger partial charge in [-0.2, -0.15) is 0 Å². The first-order valence-electron chi connectivity index (χ1n) is 11.0. The van der Waals surface area contributed by atoms with Crippen molar-refractivity contribution in [1.29, 1.82) is 0 Å². The van der Waals surface area contributed by atoms with Crippen molar-refractivity contribution in [3.05, 3.63) is 66.0 Å². The Morgan fingerprint density at radius 1 is 1.06 bits per heavy atom. The van der Waals surface area contributed by atoms with E-state index in [-0.39, 0.29) is 18.1 Å². The summed E-state index contributed by atoms with van der Waals surface area (Å²) in [6.45, 7) is 3.92. The van der Waals surface area contributed by atoms with Gasteiger partial charge in [-0.3, -0.25) is 13.9 Å². The summed E-state index contributed by atoms with van der Waals surface area (Å²) in [7, 11) is -3.88. The van der Waals surface area contributed by atoms with E-state index < -0.39 is 34.3 Å². The number of carbonyl (C=O) groups is 2. The Bertz CT molecular complexity index is 1030. The molecule has 0 unspecified atom stereocenters. The first-order valence-corrected chi connectivity index (χ1v) is 12.9. The maximum absolute atomic E-state index is 13.8. The van der Waals surface area contributed by atoms with Crippen LogP contribution in [0.2, 0.25) is 0 Å². The lowest BCUT2D eigenvalue weighted by Crippen LogP contribution is -2.53. The Morgan fingerprint density at radius 3 is 2.33 bits per heavy atom. The predicted octanol–water partition coefficient (Wildman–Crippen LogP) is 2.97. The zero-order chi connectivity index (χ0) is 24.4. The van der Waals surface area contributed by atoms with Gasteiger partial charge in [0.2, 0.25) is 21.8 Å². The molecule has 2 aromatic rings. The van der Waals surface area contributed by atoms with Crippen LogP contribution >= 0.6 is 0 Å². The molecule has 0 spiro atoms. The number of nitrogens with one attached hydrogen (secondary N) is 1. The Morgan fingerprint density at radius 2 is 1.76 bits per heavy atom. The van der Waals surface area contributed by atoms with Gasteiger partial charge < -0.3 is 10.2 Å². The minimum absolute atomic E-state index is 0.0531. The summed E-state index contributed by atoms with van der Waals surface area (Å²) in [6, 6.07) is 13.8. The first-order chi connectivity index (χ1) is 15.7. The maximum atomic E-state index is 13.8. The van der Waals surface area contributed by atoms with Gasteiger partial charge in [-0.1, -0.05) is 50.2 Å². The zero-order valence-electron chi connectivity index (χ0n) is 19.3. The number of carbonyl (C=O) groups excluding carboxylic acids is 2. The molecule has 0 heterocycles. The predicted molar refractivity (Wildman–Crippen MR) is 128 cm³/mol. The fourth-order valence-electron chi connectivity index (χ4n) is 3.51. The molecule has 0 bridgehead atoms. The summed E-state index contributed by atoms with van der Waals surface area (Å²) in [4.78, 5) is 27.6. The van der Waals surface area contributed by atoms with Gasteiger partial charge in [-0.25, -0.2) is 12.8 Å². The SMILES string of the molecule is CCCNC(=O)[C@H](CC)N(CCc1ccccc1)C(=O)CN(c1cccc(F)c1)S(C)(=O)=O. The van der Waals surface area contributed by atoms with Gasteiger partial charge in [-0.05, 0) is 43.0 Å². The van der Waals surface area contributed by atoms with Crippen LogP contribution < -0.4 is 9.62 Å². The number of benzene rings is 2. The molecule has 1 N–H and O–H groups in total. The molecule has 33 heavy (non-hydrogen) atoms. The van der Waals surface area contributed by atoms with Crippen LogP contribution in [-0.4, -0.2) is 57.1 Å². The van der Waals surface area contributed by atoms with Crippen LogP contribution in [0.15, 0.2) is 54.6 Å². The largest absolute Gasteiger partial charge is 0.354 e. The van der Waals surface area contributed by atoms with Crippen LogP contribution in [0.25, 0.3) is 0 Å². The van der Waals surface area contributed by atoms with Crippen molar-refractivity contribution < 1.29 is 22.4 Å². The standard InChI is InChI=1S/C24H32FN3O4S/c1-4-15-26-24(30)22(5-2)27(16-14-19-10-7-6-8-11-19)23(29)18-28(33(3,31)32)21-13-9-12-20(25)17-21/h6-13,17,22H,4-5,14-16,18H2,1-3H3,(H,26,30)/t22-/m0/s1. The summed E-state index contributed by atoms with van der Waals surface area (Å²) in [5.74, 6) is -1.42. The van der Waals surface area contributed by atoms with Gasteiger partial charge in [0.05, 0.1) is 11.9 Å². The van der Waals surface area contributed by atoms with E-state index in [4.69, 9.17) is 0 Å². The zero-order valence-corrected chi connectivity index (χ0v) is 20.1. The molecule has 0 aliphatic rings. The Labute approximate surface area is 195 Å². The smallest absolute Gasteiger partial charge is 0.244 e. The summed E-state index contributed by atoms with van der Waals surface area (Å²) >= 11 is 0. The number of anilines is 1. The second kappa shape index (κ2) is 12.3. The molecule has 0 aliphatic heterocycles. The molecular formula is C24H32FN3O4S. The van der Waals surface area contributed by atoms with E-state index in [1.165, 1.54) is 23.1 Å². The van der Waals surface area contributed by atoms with E-state index in [1.807, 2.05) is 37.3 Å². The van der Waals surface area contributed by atoms with Crippen molar-refractivity contribution in [1.82, 2.24) is 10.2 Å². The number of sulfonamides is 1. The molecule has 2 amide bonds. The molecule has 2 aromatic carbocycles. The highest BCUT2D eigenvalue weighted by Crippen LogP contribution is 2.20. The van der Waals surface area contributed by atoms with Crippen molar-refractivity contribution in [2.45, 2.75) is 39.2 Å². The second-order valence-corrected chi connectivity index (χ2v) is 9.69. The lowest BCUT2D eigenvalue weighted by Gasteiger charge is -2.32. The normalized spacial score (nSPS) is 12.1. The highest BCUT2D eigenvalue weighted by molar-refractivity contribution is 7.92. The quantitative estimate of drug-likeness (QED) is 0.509. The van der Waals surface area contributed by atoms with E-state index in [0.29, 0.717) is 19.4 Å². The molecule has 180 valence electrons. The monoisotopic (exact) mass is 477 g/mol. The van der Waals surface area contributed by atoms with Gasteiger partial charge in [-0.15, -0.1) is 0 Å². The van der Waals surface area contributed by atoms with E-state index >= 15 is 0 Å². The van der Waals surface area contributed by atoms with Gasteiger partial charge >= 0.3 is 0 Å². The molecule has 0 fully saturated rings. The number of nitrogens with zero attached hydrogens (tertiary/aromatic N) is 2. The molecule has 0 saturated heterocycles. The molecule has 7 nitrogen and oxygen atoms in total. The molecule has 0 radical (unpaired) electrons. The van der Waals surface area contributed by atoms with Gasteiger partial charge in [0.1, 0.15) is 18.4 Å². The van der Waals surface area contributed by atoms with E-state index in [2.05, 4.69) is 5.32 Å². The molecule has 0 saturated carbocycles. The third-order valence-corrected chi connectivity index (χ3v) is 6.34. The lowest BCUT2D eigenvalue weighted by molar-refractivity contribution is -0.139. The minimum atomic E-state index is -3.88. The van der Waals surface area contributed by atoms with Gasteiger partial charge in [0, 0.05) is 13.1 Å². The van der Waals surface area contributed by atoms with E-state index in [1.54, 1.807) is 6.92 Å². The third-order valence-electron chi connectivity index (χ3n) is 5.19. The van der Waals surface area contributed by atoms with Crippen LogP contribution in [0.1, 0.15) is 32.3 Å². The minimum Gasteiger partial charge on any atom is -0.354 e. The average Bonchev–Trinajstić information content (AvgIpc) is 2.78. The molecule has 2 rings (SSSR count). The highest BCUT2D eigenvalue weighted by atomic mass is 32.2. The van der Waals surface area contributed by atoms with Crippen LogP contribution in [-0.2, 0) is 26.0 Å². The fourth-order valence-corrected chi connectivity index (χ4v) is 4.35. The lowest BCUT2D eigenvalue weighted by atomic mass is 10.1. The number of hydrogen-bond acceptors (Lipinski definition) is 4. The summed E-state index contributed by atoms with van der Waals surface area (Å²) in [5, 5.41) is 2.83. The van der Waals surface area contributed by atoms with Crippen molar-refractivity contribution in [2.24, 2.45) is 0 Å². The Kier molecular flexibility index (Phi) is 9.84. The second-order valence-electron chi connectivity index (χ2n) is 7.79. The number of amides is 2. The van der Waals surface area contributed by atoms with Crippen LogP contribution in [0.5, 0.6) is 0 Å². The highest BCUT2D eigenvalue weighted by Gasteiger charge is 2.31. The summed E-state index contributed by atoms with van der Waals surface area (Å²) < 4.78 is 39.5. The van der Waals surface area contributed by atoms with Crippen molar-refractivity contribution in [3.8, 4) is 0 Å². The summed E-state index contributed by atoms with van der Waals surface area (Å²) in [6.07, 6.45) is 2.59. The van der Waals surface area contributed by atoms with Crippen molar-refractivity contribution in [2.75, 3.05) is 30.2 Å². The van der Waals surface area contributed by atoms with Crippen molar-refractivity contribution in [3.63, 3.8) is 0 Å². The van der Waals surface area contributed by atoms with Crippen LogP contribution in [0, 0.1) is 5.82 Å². The number of rotatable bonds is 12. The number of hydrogen-bond donors (Lipinski definition) is 1. The fraction of sp³-hybridized carbons (Fsp3) is 0.417. The first kappa shape index (κ1) is 26.3. The third kappa shape index (κ3) is 7.85. The summed E-state index contributed by atoms with van der Waals surface area (Å²) in [5.41, 5.74) is 1.04. The molecular weight excluding hydrogens is 445 g/mol. The molecule has 1 atom stereocenters. The topological polar surface area (TPSA) is 86.8 Å². The van der Waals surface area contributed by atoms with E-state index in [9.17, 15) is 22.4 Å². The van der Waals surface area contributed by atoms with Crippen LogP contribution in [0.3, 0.4) is 0 Å². The number of halogens is 1. The Balaban J connectivity index is 2.33. The van der Waals surface area contributed by atoms with Crippen molar-refractivity contribution >= 4 is 27.5 Å². The van der Waals surface area contributed by atoms with Gasteiger partial charge in [0.15, 0.2) is 0 Å². The molecule has 9 heteroatoms.